The molecule has 100 valence electrons. The Bertz CT molecular complexity index is 229. The van der Waals surface area contributed by atoms with Crippen LogP contribution in [-0.4, -0.2) is 56.0 Å². The summed E-state index contributed by atoms with van der Waals surface area (Å²) in [6.07, 6.45) is 6.36. The zero-order chi connectivity index (χ0) is 12.7. The van der Waals surface area contributed by atoms with Gasteiger partial charge in [-0.3, -0.25) is 0 Å². The summed E-state index contributed by atoms with van der Waals surface area (Å²) in [5.74, 6) is 1.13. The average Bonchev–Trinajstić information content (AvgIpc) is 2.36. The number of aldehydes is 1. The van der Waals surface area contributed by atoms with Crippen LogP contribution in [0, 0.1) is 5.41 Å². The summed E-state index contributed by atoms with van der Waals surface area (Å²) < 4.78 is 5.49. The lowest BCUT2D eigenvalue weighted by atomic mass is 9.83. The lowest BCUT2D eigenvalue weighted by molar-refractivity contribution is -0.125. The van der Waals surface area contributed by atoms with Gasteiger partial charge in [-0.25, -0.2) is 0 Å². The molecule has 4 heteroatoms. The molecule has 0 spiro atoms. The summed E-state index contributed by atoms with van der Waals surface area (Å²) in [5.41, 5.74) is -0.265. The molecular weight excluding hydrogens is 234 g/mol. The van der Waals surface area contributed by atoms with Crippen LogP contribution in [0.5, 0.6) is 0 Å². The maximum atomic E-state index is 11.4. The monoisotopic (exact) mass is 259 g/mol. The minimum Gasteiger partial charge on any atom is -0.380 e. The van der Waals surface area contributed by atoms with E-state index in [1.165, 1.54) is 0 Å². The van der Waals surface area contributed by atoms with Gasteiger partial charge in [-0.1, -0.05) is 6.92 Å². The number of ether oxygens (including phenoxy) is 1. The number of hydrogen-bond acceptors (Lipinski definition) is 4. The van der Waals surface area contributed by atoms with Crippen LogP contribution in [0.25, 0.3) is 0 Å². The fourth-order valence-electron chi connectivity index (χ4n) is 2.50. The van der Waals surface area contributed by atoms with Crippen molar-refractivity contribution in [1.82, 2.24) is 4.90 Å². The number of carbonyl (C=O) groups is 1. The second kappa shape index (κ2) is 7.39. The number of thioether (sulfide) groups is 1. The topological polar surface area (TPSA) is 29.5 Å². The molecule has 1 aliphatic heterocycles. The second-order valence-electron chi connectivity index (χ2n) is 5.07. The first-order valence-corrected chi connectivity index (χ1v) is 7.80. The van der Waals surface area contributed by atoms with E-state index in [4.69, 9.17) is 4.74 Å². The van der Waals surface area contributed by atoms with E-state index in [0.29, 0.717) is 12.6 Å². The van der Waals surface area contributed by atoms with Gasteiger partial charge in [0.15, 0.2) is 0 Å². The fourth-order valence-corrected chi connectivity index (χ4v) is 3.38. The third-order valence-electron chi connectivity index (χ3n) is 3.62. The van der Waals surface area contributed by atoms with Crippen molar-refractivity contribution in [3.8, 4) is 0 Å². The second-order valence-corrected chi connectivity index (χ2v) is 5.98. The van der Waals surface area contributed by atoms with Crippen LogP contribution in [0.1, 0.15) is 26.2 Å². The third kappa shape index (κ3) is 4.27. The summed E-state index contributed by atoms with van der Waals surface area (Å²) in [6, 6.07) is 0.559. The Morgan fingerprint density at radius 1 is 1.59 bits per heavy atom. The average molecular weight is 259 g/mol. The smallest absolute Gasteiger partial charge is 0.129 e. The van der Waals surface area contributed by atoms with Crippen LogP contribution in [0.2, 0.25) is 0 Å². The number of carbonyl (C=O) groups excluding carboxylic acids is 1. The molecule has 0 aromatic heterocycles. The van der Waals surface area contributed by atoms with Crippen molar-refractivity contribution in [2.45, 2.75) is 32.2 Å². The molecule has 0 radical (unpaired) electrons. The standard InChI is InChI=1S/C13H25NO2S/c1-4-12(8-17-3)14(2)9-13(10-15)6-5-7-16-11-13/h10,12H,4-9,11H2,1-3H3. The molecule has 3 nitrogen and oxygen atoms in total. The molecule has 0 bridgehead atoms. The van der Waals surface area contributed by atoms with Gasteiger partial charge in [0.05, 0.1) is 12.0 Å². The van der Waals surface area contributed by atoms with Crippen molar-refractivity contribution in [1.29, 1.82) is 0 Å². The van der Waals surface area contributed by atoms with E-state index in [2.05, 4.69) is 25.1 Å². The number of nitrogens with zero attached hydrogens (tertiary/aromatic N) is 1. The lowest BCUT2D eigenvalue weighted by Gasteiger charge is -2.38. The first kappa shape index (κ1) is 15.0. The van der Waals surface area contributed by atoms with Crippen molar-refractivity contribution >= 4 is 18.0 Å². The molecule has 17 heavy (non-hydrogen) atoms. The molecular formula is C13H25NO2S. The predicted octanol–water partition coefficient (Wildman–Crippen LogP) is 2.06. The van der Waals surface area contributed by atoms with Crippen LogP contribution >= 0.6 is 11.8 Å². The van der Waals surface area contributed by atoms with E-state index in [1.54, 1.807) is 0 Å². The van der Waals surface area contributed by atoms with Gasteiger partial charge in [-0.15, -0.1) is 0 Å². The zero-order valence-electron chi connectivity index (χ0n) is 11.3. The maximum Gasteiger partial charge on any atom is 0.129 e. The van der Waals surface area contributed by atoms with E-state index in [0.717, 1.165) is 44.5 Å². The molecule has 0 amide bonds. The van der Waals surface area contributed by atoms with Crippen molar-refractivity contribution in [2.75, 3.05) is 38.8 Å². The van der Waals surface area contributed by atoms with Crippen LogP contribution in [0.15, 0.2) is 0 Å². The van der Waals surface area contributed by atoms with Gasteiger partial charge in [0.25, 0.3) is 0 Å². The summed E-state index contributed by atoms with van der Waals surface area (Å²) in [5, 5.41) is 0. The largest absolute Gasteiger partial charge is 0.380 e. The molecule has 1 rings (SSSR count). The van der Waals surface area contributed by atoms with Gasteiger partial charge < -0.3 is 14.4 Å². The Hall–Kier alpha value is -0.0600. The number of rotatable bonds is 7. The van der Waals surface area contributed by atoms with Crippen LogP contribution in [-0.2, 0) is 9.53 Å². The van der Waals surface area contributed by atoms with Gasteiger partial charge in [0.1, 0.15) is 6.29 Å². The molecule has 2 atom stereocenters. The van der Waals surface area contributed by atoms with Crippen molar-refractivity contribution in [2.24, 2.45) is 5.41 Å². The molecule has 1 fully saturated rings. The molecule has 0 aromatic carbocycles. The highest BCUT2D eigenvalue weighted by molar-refractivity contribution is 7.98. The highest BCUT2D eigenvalue weighted by Gasteiger charge is 2.34. The first-order chi connectivity index (χ1) is 8.17. The first-order valence-electron chi connectivity index (χ1n) is 6.40. The Morgan fingerprint density at radius 2 is 2.35 bits per heavy atom. The minimum atomic E-state index is -0.265. The normalized spacial score (nSPS) is 27.1. The zero-order valence-corrected chi connectivity index (χ0v) is 12.1. The van der Waals surface area contributed by atoms with Gasteiger partial charge in [-0.2, -0.15) is 11.8 Å². The van der Waals surface area contributed by atoms with Gasteiger partial charge in [0.2, 0.25) is 0 Å². The highest BCUT2D eigenvalue weighted by Crippen LogP contribution is 2.28. The molecule has 0 saturated carbocycles. The molecule has 0 N–H and O–H groups in total. The quantitative estimate of drug-likeness (QED) is 0.655. The Balaban J connectivity index is 2.56. The van der Waals surface area contributed by atoms with Gasteiger partial charge in [-0.05, 0) is 32.6 Å². The van der Waals surface area contributed by atoms with E-state index >= 15 is 0 Å². The lowest BCUT2D eigenvalue weighted by Crippen LogP contribution is -2.46. The van der Waals surface area contributed by atoms with E-state index in [-0.39, 0.29) is 5.41 Å². The molecule has 1 saturated heterocycles. The molecule has 1 aliphatic rings. The van der Waals surface area contributed by atoms with Crippen LogP contribution < -0.4 is 0 Å². The molecule has 0 aliphatic carbocycles. The maximum absolute atomic E-state index is 11.4. The van der Waals surface area contributed by atoms with E-state index < -0.39 is 0 Å². The summed E-state index contributed by atoms with van der Waals surface area (Å²) in [4.78, 5) is 13.7. The highest BCUT2D eigenvalue weighted by atomic mass is 32.2. The number of hydrogen-bond donors (Lipinski definition) is 0. The Labute approximate surface area is 109 Å². The van der Waals surface area contributed by atoms with Gasteiger partial charge in [0, 0.05) is 24.9 Å². The Kier molecular flexibility index (Phi) is 6.52. The Morgan fingerprint density at radius 3 is 2.82 bits per heavy atom. The molecule has 2 unspecified atom stereocenters. The third-order valence-corrected chi connectivity index (χ3v) is 4.34. The predicted molar refractivity (Wildman–Crippen MR) is 73.6 cm³/mol. The minimum absolute atomic E-state index is 0.265. The summed E-state index contributed by atoms with van der Waals surface area (Å²) >= 11 is 1.87. The summed E-state index contributed by atoms with van der Waals surface area (Å²) in [7, 11) is 2.13. The van der Waals surface area contributed by atoms with E-state index in [9.17, 15) is 4.79 Å². The van der Waals surface area contributed by atoms with Crippen LogP contribution in [0.4, 0.5) is 0 Å². The SMILES string of the molecule is CCC(CSC)N(C)CC1(C=O)CCCOC1. The van der Waals surface area contributed by atoms with Crippen molar-refractivity contribution in [3.63, 3.8) is 0 Å². The fraction of sp³-hybridized carbons (Fsp3) is 0.923. The van der Waals surface area contributed by atoms with Gasteiger partial charge >= 0.3 is 0 Å². The van der Waals surface area contributed by atoms with Crippen LogP contribution in [0.3, 0.4) is 0 Å². The van der Waals surface area contributed by atoms with E-state index in [1.807, 2.05) is 11.8 Å². The van der Waals surface area contributed by atoms with Crippen molar-refractivity contribution in [3.05, 3.63) is 0 Å². The molecule has 1 heterocycles. The van der Waals surface area contributed by atoms with Crippen molar-refractivity contribution < 1.29 is 9.53 Å². The summed E-state index contributed by atoms with van der Waals surface area (Å²) in [6.45, 7) is 4.44. The molecule has 0 aromatic rings.